The zero-order valence-corrected chi connectivity index (χ0v) is 14.5. The number of hydrogen-bond donors (Lipinski definition) is 1. The van der Waals surface area contributed by atoms with E-state index < -0.39 is 11.9 Å². The van der Waals surface area contributed by atoms with Gasteiger partial charge in [-0.25, -0.2) is 0 Å². The molecule has 7 nitrogen and oxygen atoms in total. The molecule has 0 radical (unpaired) electrons. The van der Waals surface area contributed by atoms with Crippen LogP contribution >= 0.6 is 11.3 Å². The number of carbonyl (C=O) groups excluding carboxylic acids is 1. The molecule has 27 heavy (non-hydrogen) atoms. The topological polar surface area (TPSA) is 96.5 Å². The highest BCUT2D eigenvalue weighted by atomic mass is 32.1. The largest absolute Gasteiger partial charge is 0.508 e. The van der Waals surface area contributed by atoms with E-state index in [0.29, 0.717) is 21.7 Å². The first-order valence-corrected chi connectivity index (χ1v) is 8.97. The van der Waals surface area contributed by atoms with E-state index in [0.717, 1.165) is 0 Å². The van der Waals surface area contributed by atoms with Crippen molar-refractivity contribution in [3.63, 3.8) is 0 Å². The van der Waals surface area contributed by atoms with Crippen molar-refractivity contribution in [1.29, 1.82) is 0 Å². The standard InChI is InChI=1S/C19H11N3O4S/c23-11-5-3-4-10(8-11)15-14-16(24)12-6-1-2-7-13(12)26-17(14)18(25)22(15)19-21-20-9-27-19/h1-9,15,23H/t15-/m1/s1. The number of phenols is 1. The van der Waals surface area contributed by atoms with Crippen LogP contribution in [0.3, 0.4) is 0 Å². The van der Waals surface area contributed by atoms with Crippen molar-refractivity contribution in [2.45, 2.75) is 6.04 Å². The minimum absolute atomic E-state index is 0.0118. The Labute approximate surface area is 156 Å². The fourth-order valence-electron chi connectivity index (χ4n) is 3.40. The van der Waals surface area contributed by atoms with Crippen LogP contribution in [0.25, 0.3) is 11.0 Å². The van der Waals surface area contributed by atoms with Gasteiger partial charge in [0.05, 0.1) is 17.0 Å². The number of para-hydroxylation sites is 1. The number of aromatic hydroxyl groups is 1. The molecule has 0 bridgehead atoms. The van der Waals surface area contributed by atoms with Gasteiger partial charge in [0.1, 0.15) is 16.8 Å². The lowest BCUT2D eigenvalue weighted by atomic mass is 9.98. The van der Waals surface area contributed by atoms with Gasteiger partial charge in [0.25, 0.3) is 5.91 Å². The number of fused-ring (bicyclic) bond motifs is 2. The number of amides is 1. The lowest BCUT2D eigenvalue weighted by Gasteiger charge is -2.22. The molecule has 1 amide bonds. The second-order valence-corrected chi connectivity index (χ2v) is 6.88. The Bertz CT molecular complexity index is 1250. The van der Waals surface area contributed by atoms with Crippen LogP contribution in [0.2, 0.25) is 0 Å². The highest BCUT2D eigenvalue weighted by Gasteiger charge is 2.45. The molecule has 1 N–H and O–H groups in total. The Kier molecular flexibility index (Phi) is 3.34. The van der Waals surface area contributed by atoms with Crippen LogP contribution in [0.15, 0.2) is 63.3 Å². The van der Waals surface area contributed by atoms with Gasteiger partial charge in [0.15, 0.2) is 5.43 Å². The minimum Gasteiger partial charge on any atom is -0.508 e. The second kappa shape index (κ2) is 5.75. The molecule has 1 aliphatic rings. The maximum Gasteiger partial charge on any atom is 0.297 e. The van der Waals surface area contributed by atoms with Gasteiger partial charge in [-0.3, -0.25) is 14.5 Å². The third kappa shape index (κ3) is 2.27. The lowest BCUT2D eigenvalue weighted by molar-refractivity contribution is 0.0970. The first-order chi connectivity index (χ1) is 13.1. The summed E-state index contributed by atoms with van der Waals surface area (Å²) >= 11 is 1.18. The van der Waals surface area contributed by atoms with Crippen molar-refractivity contribution in [3.05, 3.63) is 81.2 Å². The van der Waals surface area contributed by atoms with Crippen LogP contribution in [0.4, 0.5) is 5.13 Å². The van der Waals surface area contributed by atoms with Crippen LogP contribution < -0.4 is 10.3 Å². The number of hydrogen-bond acceptors (Lipinski definition) is 7. The van der Waals surface area contributed by atoms with Crippen molar-refractivity contribution < 1.29 is 14.3 Å². The first kappa shape index (κ1) is 15.7. The van der Waals surface area contributed by atoms with E-state index in [-0.39, 0.29) is 22.5 Å². The number of carbonyl (C=O) groups is 1. The SMILES string of the molecule is O=C1c2oc3ccccc3c(=O)c2[C@@H](c2cccc(O)c2)N1c1nncs1. The van der Waals surface area contributed by atoms with E-state index in [1.54, 1.807) is 36.4 Å². The maximum absolute atomic E-state index is 13.2. The van der Waals surface area contributed by atoms with Crippen molar-refractivity contribution in [2.75, 3.05) is 4.90 Å². The highest BCUT2D eigenvalue weighted by molar-refractivity contribution is 7.13. The Morgan fingerprint density at radius 1 is 1.11 bits per heavy atom. The van der Waals surface area contributed by atoms with Gasteiger partial charge in [-0.05, 0) is 29.8 Å². The summed E-state index contributed by atoms with van der Waals surface area (Å²) in [4.78, 5) is 27.7. The van der Waals surface area contributed by atoms with Crippen LogP contribution in [-0.4, -0.2) is 21.2 Å². The van der Waals surface area contributed by atoms with E-state index >= 15 is 0 Å². The number of rotatable bonds is 2. The van der Waals surface area contributed by atoms with Crippen molar-refractivity contribution in [3.8, 4) is 5.75 Å². The van der Waals surface area contributed by atoms with Gasteiger partial charge in [-0.2, -0.15) is 0 Å². The molecule has 1 aliphatic heterocycles. The molecule has 8 heteroatoms. The van der Waals surface area contributed by atoms with E-state index in [1.807, 2.05) is 0 Å². The van der Waals surface area contributed by atoms with Gasteiger partial charge in [-0.1, -0.05) is 35.6 Å². The first-order valence-electron chi connectivity index (χ1n) is 8.09. The quantitative estimate of drug-likeness (QED) is 0.577. The summed E-state index contributed by atoms with van der Waals surface area (Å²) in [5.41, 5.74) is 2.40. The Hall–Kier alpha value is -3.52. The van der Waals surface area contributed by atoms with E-state index in [2.05, 4.69) is 10.2 Å². The summed E-state index contributed by atoms with van der Waals surface area (Å²) in [6, 6.07) is 12.5. The van der Waals surface area contributed by atoms with Crippen molar-refractivity contribution in [2.24, 2.45) is 0 Å². The van der Waals surface area contributed by atoms with Gasteiger partial charge in [0, 0.05) is 0 Å². The minimum atomic E-state index is -0.756. The Morgan fingerprint density at radius 2 is 1.96 bits per heavy atom. The monoisotopic (exact) mass is 377 g/mol. The normalized spacial score (nSPS) is 16.1. The average molecular weight is 377 g/mol. The summed E-state index contributed by atoms with van der Waals surface area (Å²) in [5.74, 6) is -0.434. The summed E-state index contributed by atoms with van der Waals surface area (Å²) in [6.07, 6.45) is 0. The Balaban J connectivity index is 1.85. The van der Waals surface area contributed by atoms with Crippen LogP contribution in [0.5, 0.6) is 5.75 Å². The number of aromatic nitrogens is 2. The molecule has 1 atom stereocenters. The molecule has 3 heterocycles. The third-order valence-corrected chi connectivity index (χ3v) is 5.21. The molecule has 2 aromatic heterocycles. The molecule has 0 aliphatic carbocycles. The van der Waals surface area contributed by atoms with Crippen LogP contribution in [0, 0.1) is 0 Å². The van der Waals surface area contributed by atoms with E-state index in [9.17, 15) is 14.7 Å². The number of benzene rings is 2. The van der Waals surface area contributed by atoms with Crippen molar-refractivity contribution in [1.82, 2.24) is 10.2 Å². The molecule has 5 rings (SSSR count). The van der Waals surface area contributed by atoms with Gasteiger partial charge < -0.3 is 9.52 Å². The summed E-state index contributed by atoms with van der Waals surface area (Å²) in [6.45, 7) is 0. The van der Waals surface area contributed by atoms with Gasteiger partial charge in [0.2, 0.25) is 10.9 Å². The smallest absolute Gasteiger partial charge is 0.297 e. The fraction of sp³-hybridized carbons (Fsp3) is 0.0526. The molecule has 2 aromatic carbocycles. The average Bonchev–Trinajstić information content (AvgIpc) is 3.29. The van der Waals surface area contributed by atoms with Gasteiger partial charge in [-0.15, -0.1) is 10.2 Å². The lowest BCUT2D eigenvalue weighted by Crippen LogP contribution is -2.29. The zero-order valence-electron chi connectivity index (χ0n) is 13.7. The second-order valence-electron chi connectivity index (χ2n) is 6.06. The van der Waals surface area contributed by atoms with E-state index in [1.165, 1.54) is 33.9 Å². The molecule has 132 valence electrons. The summed E-state index contributed by atoms with van der Waals surface area (Å²) in [7, 11) is 0. The maximum atomic E-state index is 13.2. The zero-order chi connectivity index (χ0) is 18.5. The molecule has 0 spiro atoms. The predicted molar refractivity (Wildman–Crippen MR) is 99.2 cm³/mol. The highest BCUT2D eigenvalue weighted by Crippen LogP contribution is 2.42. The number of anilines is 1. The van der Waals surface area contributed by atoms with Crippen LogP contribution in [-0.2, 0) is 0 Å². The molecule has 0 fully saturated rings. The van der Waals surface area contributed by atoms with Crippen molar-refractivity contribution >= 4 is 33.3 Å². The molecule has 4 aromatic rings. The summed E-state index contributed by atoms with van der Waals surface area (Å²) < 4.78 is 5.81. The molecule has 0 saturated carbocycles. The summed E-state index contributed by atoms with van der Waals surface area (Å²) in [5, 5.41) is 18.5. The van der Waals surface area contributed by atoms with Crippen LogP contribution in [0.1, 0.15) is 27.7 Å². The predicted octanol–water partition coefficient (Wildman–Crippen LogP) is 3.10. The molecule has 0 saturated heterocycles. The number of nitrogens with zero attached hydrogens (tertiary/aromatic N) is 3. The Morgan fingerprint density at radius 3 is 2.74 bits per heavy atom. The van der Waals surface area contributed by atoms with E-state index in [4.69, 9.17) is 4.42 Å². The van der Waals surface area contributed by atoms with Gasteiger partial charge >= 0.3 is 0 Å². The molecule has 0 unspecified atom stereocenters. The number of phenolic OH excluding ortho intramolecular Hbond substituents is 1. The molecular weight excluding hydrogens is 366 g/mol. The molecular formula is C19H11N3O4S. The fourth-order valence-corrected chi connectivity index (χ4v) is 3.98. The third-order valence-electron chi connectivity index (χ3n) is 4.52.